The van der Waals surface area contributed by atoms with Crippen molar-refractivity contribution in [2.45, 2.75) is 50.7 Å². The van der Waals surface area contributed by atoms with Crippen molar-refractivity contribution < 1.29 is 51.6 Å². The molecule has 14 heteroatoms. The fourth-order valence-electron chi connectivity index (χ4n) is 7.22. The number of rotatable bonds is 8. The number of carboxylic acids is 2. The quantitative estimate of drug-likeness (QED) is 0.135. The Labute approximate surface area is 337 Å². The molecule has 1 fully saturated rings. The number of ether oxygens (including phenoxy) is 3. The predicted octanol–water partition coefficient (Wildman–Crippen LogP) is 9.66. The largest absolute Gasteiger partial charge is 0.485 e. The van der Waals surface area contributed by atoms with Crippen molar-refractivity contribution in [2.75, 3.05) is 26.3 Å². The molecule has 0 unspecified atom stereocenters. The van der Waals surface area contributed by atoms with E-state index >= 15 is 0 Å². The third kappa shape index (κ3) is 8.94. The van der Waals surface area contributed by atoms with E-state index in [1.54, 1.807) is 48.5 Å². The average Bonchev–Trinajstić information content (AvgIpc) is 3.99. The summed E-state index contributed by atoms with van der Waals surface area (Å²) in [7, 11) is 0. The molecule has 56 heavy (non-hydrogen) atoms. The summed E-state index contributed by atoms with van der Waals surface area (Å²) in [5.74, 6) is -1.20. The highest BCUT2D eigenvalue weighted by molar-refractivity contribution is 9.10. The molecule has 0 saturated carbocycles. The lowest BCUT2D eigenvalue weighted by Gasteiger charge is -2.16. The molecule has 3 N–H and O–H groups in total. The number of carboxylic acid groups (broad SMARTS) is 2. The van der Waals surface area contributed by atoms with Crippen molar-refractivity contribution in [3.63, 3.8) is 0 Å². The van der Waals surface area contributed by atoms with Gasteiger partial charge in [0, 0.05) is 67.2 Å². The number of aliphatic carboxylic acids is 2. The van der Waals surface area contributed by atoms with Crippen LogP contribution in [-0.4, -0.2) is 48.5 Å². The van der Waals surface area contributed by atoms with Crippen LogP contribution in [0.5, 0.6) is 11.5 Å². The normalized spacial score (nSPS) is 17.0. The molecule has 6 aromatic rings. The van der Waals surface area contributed by atoms with Crippen LogP contribution in [0, 0.1) is 11.6 Å². The second-order valence-corrected chi connectivity index (χ2v) is 15.2. The number of morpholine rings is 1. The zero-order valence-electron chi connectivity index (χ0n) is 29.9. The minimum Gasteiger partial charge on any atom is -0.485 e. The summed E-state index contributed by atoms with van der Waals surface area (Å²) in [6, 6.07) is 16.8. The van der Waals surface area contributed by atoms with Gasteiger partial charge in [0.05, 0.1) is 38.6 Å². The molecule has 1 aliphatic heterocycles. The fourth-order valence-corrected chi connectivity index (χ4v) is 8.30. The molecule has 3 heterocycles. The van der Waals surface area contributed by atoms with Crippen molar-refractivity contribution in [3.05, 3.63) is 127 Å². The first-order valence-corrected chi connectivity index (χ1v) is 19.6. The predicted molar refractivity (Wildman–Crippen MR) is 210 cm³/mol. The summed E-state index contributed by atoms with van der Waals surface area (Å²) in [6.07, 6.45) is 4.93. The molecule has 3 aliphatic rings. The van der Waals surface area contributed by atoms with Crippen LogP contribution in [0.2, 0.25) is 0 Å². The summed E-state index contributed by atoms with van der Waals surface area (Å²) in [6.45, 7) is 3.83. The molecule has 2 aromatic heterocycles. The van der Waals surface area contributed by atoms with E-state index < -0.39 is 11.9 Å². The second-order valence-electron chi connectivity index (χ2n) is 13.5. The molecular formula is C42H37Br2F2NO9. The molecule has 2 atom stereocenters. The molecule has 4 aromatic carbocycles. The Bertz CT molecular complexity index is 2220. The Balaban J connectivity index is 0.000000149. The lowest BCUT2D eigenvalue weighted by molar-refractivity contribution is -0.137. The lowest BCUT2D eigenvalue weighted by Crippen LogP contribution is -2.30. The van der Waals surface area contributed by atoms with Gasteiger partial charge in [-0.15, -0.1) is 0 Å². The maximum Gasteiger partial charge on any atom is 0.307 e. The maximum atomic E-state index is 14.2. The van der Waals surface area contributed by atoms with Gasteiger partial charge in [-0.1, -0.05) is 31.9 Å². The van der Waals surface area contributed by atoms with E-state index in [1.807, 2.05) is 0 Å². The highest BCUT2D eigenvalue weighted by Crippen LogP contribution is 2.42. The first-order chi connectivity index (χ1) is 27.0. The molecule has 0 amide bonds. The number of hydrogen-bond acceptors (Lipinski definition) is 8. The minimum absolute atomic E-state index is 0.0948. The average molecular weight is 898 g/mol. The molecule has 1 saturated heterocycles. The van der Waals surface area contributed by atoms with Gasteiger partial charge in [-0.3, -0.25) is 9.59 Å². The molecular weight excluding hydrogens is 860 g/mol. The summed E-state index contributed by atoms with van der Waals surface area (Å²) >= 11 is 6.93. The number of carbonyl (C=O) groups is 2. The Kier molecular flexibility index (Phi) is 12.4. The van der Waals surface area contributed by atoms with Gasteiger partial charge in [0.15, 0.2) is 0 Å². The summed E-state index contributed by atoms with van der Waals surface area (Å²) < 4.78 is 58.1. The second kappa shape index (κ2) is 17.6. The first kappa shape index (κ1) is 39.5. The van der Waals surface area contributed by atoms with Gasteiger partial charge in [-0.05, 0) is 85.3 Å². The van der Waals surface area contributed by atoms with Crippen LogP contribution in [-0.2, 0) is 40.0 Å². The smallest absolute Gasteiger partial charge is 0.307 e. The van der Waals surface area contributed by atoms with E-state index in [1.165, 1.54) is 24.7 Å². The molecule has 2 aliphatic carbocycles. The number of hydrogen-bond donors (Lipinski definition) is 3. The molecule has 292 valence electrons. The van der Waals surface area contributed by atoms with E-state index in [2.05, 4.69) is 37.2 Å². The van der Waals surface area contributed by atoms with Crippen molar-refractivity contribution in [3.8, 4) is 11.5 Å². The van der Waals surface area contributed by atoms with Crippen LogP contribution < -0.4 is 14.8 Å². The summed E-state index contributed by atoms with van der Waals surface area (Å²) in [5.41, 5.74) is 5.45. The van der Waals surface area contributed by atoms with E-state index in [0.29, 0.717) is 57.8 Å². The molecule has 10 nitrogen and oxygen atoms in total. The zero-order chi connectivity index (χ0) is 39.3. The Morgan fingerprint density at radius 3 is 1.52 bits per heavy atom. The van der Waals surface area contributed by atoms with Crippen molar-refractivity contribution in [1.29, 1.82) is 0 Å². The fraction of sp³-hybridized carbons (Fsp3) is 0.286. The topological polar surface area (TPSA) is 141 Å². The Hall–Kier alpha value is -4.76. The van der Waals surface area contributed by atoms with Gasteiger partial charge in [-0.25, -0.2) is 8.78 Å². The number of furan rings is 2. The van der Waals surface area contributed by atoms with Crippen molar-refractivity contribution in [1.82, 2.24) is 5.32 Å². The monoisotopic (exact) mass is 895 g/mol. The van der Waals surface area contributed by atoms with Crippen LogP contribution in [0.15, 0.2) is 91.0 Å². The Morgan fingerprint density at radius 1 is 0.696 bits per heavy atom. The Morgan fingerprint density at radius 2 is 1.14 bits per heavy atom. The van der Waals surface area contributed by atoms with Crippen LogP contribution in [0.25, 0.3) is 21.9 Å². The first-order valence-electron chi connectivity index (χ1n) is 18.0. The molecule has 0 radical (unpaired) electrons. The lowest BCUT2D eigenvalue weighted by atomic mass is 10.1. The van der Waals surface area contributed by atoms with Gasteiger partial charge in [0.25, 0.3) is 0 Å². The standard InChI is InChI=1S/2C19H14BrFO4.C4H9NO/c2*20-14-4-5-15(21)19-13(14)3-6-16(19)25-11-1-2-12-10(7-18(22)23)9-24-17(12)8-11;1-3-6-4-2-5-1/h2*1-2,4-5,8-9,16H,3,6-7H2,(H,22,23);5H,1-4H2/t2*16-;/m11./s1. The SMILES string of the molecule is C1COCCN1.O=C(O)Cc1coc2cc(O[C@@H]3CCc4c(Br)ccc(F)c43)ccc12.O=C(O)Cc1coc2cc(O[C@@H]3CCc4c(Br)ccc(F)c43)ccc12. The van der Waals surface area contributed by atoms with E-state index in [9.17, 15) is 18.4 Å². The van der Waals surface area contributed by atoms with Crippen LogP contribution in [0.4, 0.5) is 8.78 Å². The van der Waals surface area contributed by atoms with Crippen molar-refractivity contribution in [2.24, 2.45) is 0 Å². The van der Waals surface area contributed by atoms with Crippen LogP contribution in [0.3, 0.4) is 0 Å². The van der Waals surface area contributed by atoms with Gasteiger partial charge < -0.3 is 38.6 Å². The highest BCUT2D eigenvalue weighted by atomic mass is 79.9. The van der Waals surface area contributed by atoms with Gasteiger partial charge in [0.2, 0.25) is 0 Å². The van der Waals surface area contributed by atoms with Crippen molar-refractivity contribution >= 4 is 65.7 Å². The van der Waals surface area contributed by atoms with E-state index in [-0.39, 0.29) is 36.7 Å². The van der Waals surface area contributed by atoms with Gasteiger partial charge >= 0.3 is 11.9 Å². The number of benzene rings is 4. The maximum absolute atomic E-state index is 14.2. The van der Waals surface area contributed by atoms with Crippen LogP contribution in [0.1, 0.15) is 58.4 Å². The van der Waals surface area contributed by atoms with Crippen LogP contribution >= 0.6 is 31.9 Å². The zero-order valence-corrected chi connectivity index (χ0v) is 33.1. The summed E-state index contributed by atoms with van der Waals surface area (Å²) in [5, 5.41) is 22.5. The number of nitrogens with one attached hydrogen (secondary N) is 1. The number of fused-ring (bicyclic) bond motifs is 4. The molecule has 0 bridgehead atoms. The minimum atomic E-state index is -0.911. The van der Waals surface area contributed by atoms with E-state index in [0.717, 1.165) is 70.0 Å². The van der Waals surface area contributed by atoms with Gasteiger partial charge in [0.1, 0.15) is 46.5 Å². The highest BCUT2D eigenvalue weighted by Gasteiger charge is 2.31. The molecule has 0 spiro atoms. The summed E-state index contributed by atoms with van der Waals surface area (Å²) in [4.78, 5) is 21.8. The third-order valence-corrected chi connectivity index (χ3v) is 11.3. The number of halogens is 4. The third-order valence-electron chi connectivity index (χ3n) is 9.79. The van der Waals surface area contributed by atoms with E-state index in [4.69, 9.17) is 33.3 Å². The molecule has 9 rings (SSSR count). The van der Waals surface area contributed by atoms with Gasteiger partial charge in [-0.2, -0.15) is 0 Å².